The van der Waals surface area contributed by atoms with Gasteiger partial charge in [0, 0.05) is 17.7 Å². The number of nitrogens with zero attached hydrogens (tertiary/aromatic N) is 3. The summed E-state index contributed by atoms with van der Waals surface area (Å²) < 4.78 is 42.9. The molecule has 0 aliphatic heterocycles. The molecule has 0 aliphatic rings. The largest absolute Gasteiger partial charge is 0.497 e. The first-order valence-corrected chi connectivity index (χ1v) is 11.0. The zero-order valence-electron chi connectivity index (χ0n) is 17.8. The van der Waals surface area contributed by atoms with Crippen LogP contribution >= 0.6 is 0 Å². The van der Waals surface area contributed by atoms with E-state index < -0.39 is 33.1 Å². The second kappa shape index (κ2) is 9.75. The molecule has 0 bridgehead atoms. The highest BCUT2D eigenvalue weighted by atomic mass is 32.2. The molecule has 0 spiro atoms. The van der Waals surface area contributed by atoms with E-state index in [1.807, 2.05) is 0 Å². The molecule has 0 saturated carbocycles. The molecule has 12 nitrogen and oxygen atoms in total. The maximum Gasteiger partial charge on any atom is 0.324 e. The van der Waals surface area contributed by atoms with E-state index in [9.17, 15) is 23.3 Å². The first-order valence-electron chi connectivity index (χ1n) is 9.56. The zero-order valence-corrected chi connectivity index (χ0v) is 18.6. The van der Waals surface area contributed by atoms with Gasteiger partial charge in [-0.05, 0) is 50.2 Å². The molecule has 3 aromatic rings. The second-order valence-corrected chi connectivity index (χ2v) is 8.56. The summed E-state index contributed by atoms with van der Waals surface area (Å²) in [5, 5.41) is 18.4. The fourth-order valence-electron chi connectivity index (χ4n) is 2.67. The van der Waals surface area contributed by atoms with Gasteiger partial charge >= 0.3 is 5.97 Å². The number of carbonyl (C=O) groups is 1. The summed E-state index contributed by atoms with van der Waals surface area (Å²) in [5.74, 6) is -0.310. The average molecular weight is 476 g/mol. The molecule has 0 amide bonds. The second-order valence-electron chi connectivity index (χ2n) is 6.85. The number of ether oxygens (including phenoxy) is 2. The number of hydrogen-bond donors (Lipinski definition) is 1. The van der Waals surface area contributed by atoms with Crippen molar-refractivity contribution in [3.05, 3.63) is 64.5 Å². The molecule has 3 rings (SSSR count). The Labute approximate surface area is 188 Å². The molecule has 1 heterocycles. The van der Waals surface area contributed by atoms with Crippen LogP contribution in [0.3, 0.4) is 0 Å². The first-order chi connectivity index (χ1) is 15.6. The lowest BCUT2D eigenvalue weighted by Gasteiger charge is -2.16. The number of carbonyl (C=O) groups excluding carboxylic acids is 1. The van der Waals surface area contributed by atoms with E-state index in [4.69, 9.17) is 13.9 Å². The number of hydrogen-bond acceptors (Lipinski definition) is 10. The monoisotopic (exact) mass is 476 g/mol. The molecule has 0 radical (unpaired) electrons. The number of nitrogens with one attached hydrogen (secondary N) is 1. The van der Waals surface area contributed by atoms with E-state index in [1.165, 1.54) is 69.5 Å². The summed E-state index contributed by atoms with van der Waals surface area (Å²) in [4.78, 5) is 22.6. The fraction of sp³-hybridized carbons (Fsp3) is 0.250. The van der Waals surface area contributed by atoms with Crippen LogP contribution in [0.4, 0.5) is 5.69 Å². The molecule has 2 aromatic carbocycles. The Morgan fingerprint density at radius 2 is 1.73 bits per heavy atom. The Balaban J connectivity index is 1.63. The third-order valence-electron chi connectivity index (χ3n) is 4.46. The molecule has 1 aromatic heterocycles. The number of benzene rings is 2. The Morgan fingerprint density at radius 1 is 1.09 bits per heavy atom. The lowest BCUT2D eigenvalue weighted by atomic mass is 10.2. The van der Waals surface area contributed by atoms with Crippen LogP contribution in [0.1, 0.15) is 25.8 Å². The van der Waals surface area contributed by atoms with Crippen LogP contribution in [0.2, 0.25) is 0 Å². The van der Waals surface area contributed by atoms with Crippen molar-refractivity contribution >= 4 is 21.7 Å². The fourth-order valence-corrected chi connectivity index (χ4v) is 3.86. The van der Waals surface area contributed by atoms with E-state index >= 15 is 0 Å². The van der Waals surface area contributed by atoms with Gasteiger partial charge in [-0.2, -0.15) is 4.72 Å². The summed E-state index contributed by atoms with van der Waals surface area (Å²) in [6.07, 6.45) is -0.968. The number of nitro benzene ring substituents is 1. The molecular weight excluding hydrogens is 456 g/mol. The number of non-ortho nitro benzene ring substituents is 1. The summed E-state index contributed by atoms with van der Waals surface area (Å²) >= 11 is 0. The van der Waals surface area contributed by atoms with Gasteiger partial charge in [-0.15, -0.1) is 10.2 Å². The van der Waals surface area contributed by atoms with Crippen molar-refractivity contribution in [2.45, 2.75) is 30.9 Å². The molecule has 0 saturated heterocycles. The SMILES string of the molecule is COc1ccc(S(=O)(=O)N[C@@H](C)C(=O)OC(C)c2nnc(-c3ccc([N+](=O)[O-])cc3)o2)cc1. The van der Waals surface area contributed by atoms with Gasteiger partial charge in [-0.1, -0.05) is 0 Å². The van der Waals surface area contributed by atoms with Crippen LogP contribution in [0, 0.1) is 10.1 Å². The van der Waals surface area contributed by atoms with Crippen molar-refractivity contribution in [2.75, 3.05) is 7.11 Å². The number of methoxy groups -OCH3 is 1. The van der Waals surface area contributed by atoms with E-state index in [2.05, 4.69) is 14.9 Å². The molecule has 174 valence electrons. The van der Waals surface area contributed by atoms with Crippen LogP contribution in [-0.2, 0) is 19.6 Å². The number of sulfonamides is 1. The van der Waals surface area contributed by atoms with Gasteiger partial charge in [0.2, 0.25) is 15.9 Å². The lowest BCUT2D eigenvalue weighted by molar-refractivity contribution is -0.384. The quantitative estimate of drug-likeness (QED) is 0.276. The number of aromatic nitrogens is 2. The zero-order chi connectivity index (χ0) is 24.2. The van der Waals surface area contributed by atoms with Crippen molar-refractivity contribution in [1.82, 2.24) is 14.9 Å². The predicted octanol–water partition coefficient (Wildman–Crippen LogP) is 2.62. The van der Waals surface area contributed by atoms with Crippen molar-refractivity contribution < 1.29 is 32.0 Å². The van der Waals surface area contributed by atoms with Gasteiger partial charge in [0.1, 0.15) is 11.8 Å². The third kappa shape index (κ3) is 5.70. The summed E-state index contributed by atoms with van der Waals surface area (Å²) in [6.45, 7) is 2.82. The smallest absolute Gasteiger partial charge is 0.324 e. The number of nitro groups is 1. The topological polar surface area (TPSA) is 164 Å². The standard InChI is InChI=1S/C20H20N4O8S/c1-12(23-33(28,29)17-10-8-16(30-3)9-11-17)20(25)31-13(2)18-21-22-19(32-18)14-4-6-15(7-5-14)24(26)27/h4-13,23H,1-3H3/t12-,13?/m0/s1. The van der Waals surface area contributed by atoms with E-state index in [0.717, 1.165) is 0 Å². The van der Waals surface area contributed by atoms with Crippen molar-refractivity contribution in [2.24, 2.45) is 0 Å². The summed E-state index contributed by atoms with van der Waals surface area (Å²) in [6, 6.07) is 9.94. The van der Waals surface area contributed by atoms with Crippen LogP contribution in [-0.4, -0.2) is 42.7 Å². The Morgan fingerprint density at radius 3 is 2.30 bits per heavy atom. The average Bonchev–Trinajstić information content (AvgIpc) is 3.29. The van der Waals surface area contributed by atoms with Gasteiger partial charge in [0.25, 0.3) is 11.6 Å². The normalized spacial score (nSPS) is 13.2. The molecule has 2 atom stereocenters. The van der Waals surface area contributed by atoms with E-state index in [1.54, 1.807) is 0 Å². The summed E-state index contributed by atoms with van der Waals surface area (Å²) in [7, 11) is -2.52. The highest BCUT2D eigenvalue weighted by Gasteiger charge is 2.26. The maximum absolute atomic E-state index is 12.5. The lowest BCUT2D eigenvalue weighted by Crippen LogP contribution is -2.39. The highest BCUT2D eigenvalue weighted by Crippen LogP contribution is 2.24. The van der Waals surface area contributed by atoms with E-state index in [-0.39, 0.29) is 22.4 Å². The number of rotatable bonds is 9. The minimum Gasteiger partial charge on any atom is -0.497 e. The Bertz CT molecular complexity index is 1240. The maximum atomic E-state index is 12.5. The van der Waals surface area contributed by atoms with Crippen LogP contribution < -0.4 is 9.46 Å². The molecule has 13 heteroatoms. The number of esters is 1. The van der Waals surface area contributed by atoms with Gasteiger partial charge in [0.15, 0.2) is 6.10 Å². The van der Waals surface area contributed by atoms with Crippen molar-refractivity contribution in [1.29, 1.82) is 0 Å². The predicted molar refractivity (Wildman–Crippen MR) is 114 cm³/mol. The van der Waals surface area contributed by atoms with Crippen LogP contribution in [0.5, 0.6) is 5.75 Å². The van der Waals surface area contributed by atoms with E-state index in [0.29, 0.717) is 11.3 Å². The molecule has 1 unspecified atom stereocenters. The van der Waals surface area contributed by atoms with Gasteiger partial charge in [-0.25, -0.2) is 8.42 Å². The molecule has 33 heavy (non-hydrogen) atoms. The Hall–Kier alpha value is -3.84. The summed E-state index contributed by atoms with van der Waals surface area (Å²) in [5.41, 5.74) is 0.352. The van der Waals surface area contributed by atoms with Gasteiger partial charge < -0.3 is 13.9 Å². The molecular formula is C20H20N4O8S. The van der Waals surface area contributed by atoms with Gasteiger partial charge in [0.05, 0.1) is 16.9 Å². The minimum absolute atomic E-state index is 0.0260. The van der Waals surface area contributed by atoms with Crippen LogP contribution in [0.15, 0.2) is 57.8 Å². The molecule has 0 aliphatic carbocycles. The first kappa shape index (κ1) is 23.8. The Kier molecular flexibility index (Phi) is 7.04. The van der Waals surface area contributed by atoms with Crippen molar-refractivity contribution in [3.63, 3.8) is 0 Å². The highest BCUT2D eigenvalue weighted by molar-refractivity contribution is 7.89. The van der Waals surface area contributed by atoms with Crippen molar-refractivity contribution in [3.8, 4) is 17.2 Å². The van der Waals surface area contributed by atoms with Gasteiger partial charge in [-0.3, -0.25) is 14.9 Å². The van der Waals surface area contributed by atoms with Crippen LogP contribution in [0.25, 0.3) is 11.5 Å². The molecule has 1 N–H and O–H groups in total. The molecule has 0 fully saturated rings. The minimum atomic E-state index is -3.98. The third-order valence-corrected chi connectivity index (χ3v) is 6.02.